The highest BCUT2D eigenvalue weighted by Crippen LogP contribution is 2.43. The van der Waals surface area contributed by atoms with Gasteiger partial charge in [-0.3, -0.25) is 18.6 Å². The second-order valence-corrected chi connectivity index (χ2v) is 17.2. The van der Waals surface area contributed by atoms with Crippen molar-refractivity contribution in [2.45, 2.75) is 238 Å². The van der Waals surface area contributed by atoms with E-state index >= 15 is 0 Å². The zero-order chi connectivity index (χ0) is 41.2. The van der Waals surface area contributed by atoms with Gasteiger partial charge < -0.3 is 24.6 Å². The molecular formula is C45H87O10P. The average molecular weight is 819 g/mol. The molecule has 332 valence electrons. The van der Waals surface area contributed by atoms with Crippen LogP contribution in [0.25, 0.3) is 0 Å². The van der Waals surface area contributed by atoms with E-state index in [0.29, 0.717) is 12.8 Å². The third kappa shape index (κ3) is 40.9. The lowest BCUT2D eigenvalue weighted by Crippen LogP contribution is -2.29. The highest BCUT2D eigenvalue weighted by atomic mass is 31.2. The summed E-state index contributed by atoms with van der Waals surface area (Å²) >= 11 is 0. The summed E-state index contributed by atoms with van der Waals surface area (Å²) < 4.78 is 32.7. The number of hydrogen-bond donors (Lipinski definition) is 3. The zero-order valence-electron chi connectivity index (χ0n) is 36.1. The minimum Gasteiger partial charge on any atom is -0.462 e. The number of phosphoric ester groups is 1. The summed E-state index contributed by atoms with van der Waals surface area (Å²) in [6.45, 7) is 2.39. The SMILES string of the molecule is CCCCCCCC/C=C/CCCCCC(=O)OC[C@H](COP(=O)(O)OC[C@@H](O)CO)OC(=O)CCCCCCCCCCCCCCCCCCCCCC. The molecule has 3 atom stereocenters. The maximum atomic E-state index is 12.6. The van der Waals surface area contributed by atoms with Gasteiger partial charge in [-0.25, -0.2) is 4.57 Å². The van der Waals surface area contributed by atoms with Crippen molar-refractivity contribution in [2.75, 3.05) is 26.4 Å². The number of ether oxygens (including phenoxy) is 2. The number of hydrogen-bond acceptors (Lipinski definition) is 9. The molecule has 0 saturated heterocycles. The Kier molecular flexibility index (Phi) is 40.9. The van der Waals surface area contributed by atoms with Gasteiger partial charge in [-0.1, -0.05) is 187 Å². The van der Waals surface area contributed by atoms with Gasteiger partial charge in [-0.05, 0) is 38.5 Å². The lowest BCUT2D eigenvalue weighted by atomic mass is 10.0. The first-order valence-electron chi connectivity index (χ1n) is 23.1. The van der Waals surface area contributed by atoms with E-state index in [-0.39, 0.29) is 19.4 Å². The van der Waals surface area contributed by atoms with Gasteiger partial charge in [0, 0.05) is 12.8 Å². The fraction of sp³-hybridized carbons (Fsp3) is 0.911. The van der Waals surface area contributed by atoms with Gasteiger partial charge in [0.15, 0.2) is 6.10 Å². The summed E-state index contributed by atoms with van der Waals surface area (Å²) in [6, 6.07) is 0. The number of aliphatic hydroxyl groups excluding tert-OH is 2. The molecule has 0 fully saturated rings. The minimum atomic E-state index is -4.62. The number of esters is 2. The third-order valence-corrected chi connectivity index (χ3v) is 11.1. The van der Waals surface area contributed by atoms with Crippen LogP contribution in [0, 0.1) is 0 Å². The molecule has 0 aromatic rings. The molecule has 0 aromatic heterocycles. The molecule has 0 aliphatic rings. The van der Waals surface area contributed by atoms with Crippen LogP contribution in [0.4, 0.5) is 0 Å². The molecule has 0 radical (unpaired) electrons. The van der Waals surface area contributed by atoms with E-state index in [1.165, 1.54) is 141 Å². The van der Waals surface area contributed by atoms with Gasteiger partial charge in [0.05, 0.1) is 19.8 Å². The number of unbranched alkanes of at least 4 members (excludes halogenated alkanes) is 28. The molecule has 3 N–H and O–H groups in total. The summed E-state index contributed by atoms with van der Waals surface area (Å²) in [7, 11) is -4.62. The van der Waals surface area contributed by atoms with Crippen LogP contribution in [0.2, 0.25) is 0 Å². The van der Waals surface area contributed by atoms with Crippen molar-refractivity contribution in [1.29, 1.82) is 0 Å². The van der Waals surface area contributed by atoms with Crippen molar-refractivity contribution >= 4 is 19.8 Å². The van der Waals surface area contributed by atoms with Gasteiger partial charge in [0.25, 0.3) is 0 Å². The number of aliphatic hydroxyl groups is 2. The molecule has 0 saturated carbocycles. The van der Waals surface area contributed by atoms with Gasteiger partial charge in [-0.2, -0.15) is 0 Å². The van der Waals surface area contributed by atoms with Crippen LogP contribution in [0.1, 0.15) is 226 Å². The topological polar surface area (TPSA) is 149 Å². The molecule has 0 amide bonds. The quantitative estimate of drug-likeness (QED) is 0.0235. The van der Waals surface area contributed by atoms with Crippen molar-refractivity contribution in [1.82, 2.24) is 0 Å². The number of carbonyl (C=O) groups is 2. The molecular weight excluding hydrogens is 731 g/mol. The summed E-state index contributed by atoms with van der Waals surface area (Å²) in [4.78, 5) is 35.0. The molecule has 0 aliphatic heterocycles. The molecule has 0 spiro atoms. The van der Waals surface area contributed by atoms with Crippen LogP contribution < -0.4 is 0 Å². The fourth-order valence-corrected chi connectivity index (χ4v) is 7.37. The number of phosphoric acid groups is 1. The van der Waals surface area contributed by atoms with Gasteiger partial charge in [-0.15, -0.1) is 0 Å². The number of rotatable bonds is 44. The van der Waals surface area contributed by atoms with E-state index in [4.69, 9.17) is 23.6 Å². The molecule has 1 unspecified atom stereocenters. The van der Waals surface area contributed by atoms with Crippen LogP contribution >= 0.6 is 7.82 Å². The second kappa shape index (κ2) is 41.9. The van der Waals surface area contributed by atoms with Crippen LogP contribution in [0.5, 0.6) is 0 Å². The molecule has 11 heteroatoms. The normalized spacial score (nSPS) is 13.9. The smallest absolute Gasteiger partial charge is 0.462 e. The third-order valence-electron chi connectivity index (χ3n) is 10.2. The Labute approximate surface area is 343 Å². The first kappa shape index (κ1) is 54.7. The predicted molar refractivity (Wildman–Crippen MR) is 229 cm³/mol. The Balaban J connectivity index is 4.20. The molecule has 0 bridgehead atoms. The maximum Gasteiger partial charge on any atom is 0.472 e. The van der Waals surface area contributed by atoms with E-state index < -0.39 is 51.8 Å². The van der Waals surface area contributed by atoms with Gasteiger partial charge >= 0.3 is 19.8 Å². The van der Waals surface area contributed by atoms with E-state index in [0.717, 1.165) is 44.9 Å². The van der Waals surface area contributed by atoms with Crippen molar-refractivity contribution in [3.8, 4) is 0 Å². The summed E-state index contributed by atoms with van der Waals surface area (Å²) in [5.74, 6) is -0.931. The second-order valence-electron chi connectivity index (χ2n) is 15.8. The molecule has 10 nitrogen and oxygen atoms in total. The standard InChI is InChI=1S/C45H87O10P/c1-3-5-7-9-11-13-15-17-18-19-20-21-22-23-25-27-29-31-33-35-37-45(49)55-43(41-54-56(50,51)53-39-42(47)38-46)40-52-44(48)36-34-32-30-28-26-24-16-14-12-10-8-6-4-2/h24,26,42-43,46-47H,3-23,25,27-41H2,1-2H3,(H,50,51)/b26-24+/t42-,43+/m0/s1. The molecule has 56 heavy (non-hydrogen) atoms. The lowest BCUT2D eigenvalue weighted by Gasteiger charge is -2.20. The van der Waals surface area contributed by atoms with Gasteiger partial charge in [0.1, 0.15) is 12.7 Å². The number of carbonyl (C=O) groups excluding carboxylic acids is 2. The molecule has 0 aromatic carbocycles. The summed E-state index contributed by atoms with van der Waals surface area (Å²) in [5.41, 5.74) is 0. The van der Waals surface area contributed by atoms with Gasteiger partial charge in [0.2, 0.25) is 0 Å². The number of allylic oxidation sites excluding steroid dienone is 2. The minimum absolute atomic E-state index is 0.187. The Hall–Kier alpha value is -1.29. The highest BCUT2D eigenvalue weighted by Gasteiger charge is 2.27. The average Bonchev–Trinajstić information content (AvgIpc) is 3.19. The van der Waals surface area contributed by atoms with E-state index in [2.05, 4.69) is 26.0 Å². The molecule has 0 aliphatic carbocycles. The first-order valence-corrected chi connectivity index (χ1v) is 24.6. The predicted octanol–water partition coefficient (Wildman–Crippen LogP) is 12.4. The largest absolute Gasteiger partial charge is 0.472 e. The zero-order valence-corrected chi connectivity index (χ0v) is 37.0. The summed E-state index contributed by atoms with van der Waals surface area (Å²) in [6.07, 6.45) is 40.4. The first-order chi connectivity index (χ1) is 27.2. The highest BCUT2D eigenvalue weighted by molar-refractivity contribution is 7.47. The van der Waals surface area contributed by atoms with Crippen molar-refractivity contribution in [3.63, 3.8) is 0 Å². The monoisotopic (exact) mass is 819 g/mol. The Morgan fingerprint density at radius 2 is 0.875 bits per heavy atom. The Bertz CT molecular complexity index is 946. The van der Waals surface area contributed by atoms with Crippen molar-refractivity contribution < 1.29 is 47.8 Å². The van der Waals surface area contributed by atoms with Crippen molar-refractivity contribution in [3.05, 3.63) is 12.2 Å². The lowest BCUT2D eigenvalue weighted by molar-refractivity contribution is -0.161. The van der Waals surface area contributed by atoms with Crippen molar-refractivity contribution in [2.24, 2.45) is 0 Å². The maximum absolute atomic E-state index is 12.6. The van der Waals surface area contributed by atoms with Crippen LogP contribution in [-0.4, -0.2) is 65.7 Å². The van der Waals surface area contributed by atoms with Crippen LogP contribution in [-0.2, 0) is 32.7 Å². The van der Waals surface area contributed by atoms with E-state index in [9.17, 15) is 24.2 Å². The Morgan fingerprint density at radius 3 is 1.30 bits per heavy atom. The summed E-state index contributed by atoms with van der Waals surface area (Å²) in [5, 5.41) is 18.3. The van der Waals surface area contributed by atoms with Crippen LogP contribution in [0.3, 0.4) is 0 Å². The molecule has 0 heterocycles. The fourth-order valence-electron chi connectivity index (χ4n) is 6.58. The van der Waals surface area contributed by atoms with E-state index in [1.54, 1.807) is 0 Å². The van der Waals surface area contributed by atoms with Crippen LogP contribution in [0.15, 0.2) is 12.2 Å². The Morgan fingerprint density at radius 1 is 0.518 bits per heavy atom. The molecule has 0 rings (SSSR count). The van der Waals surface area contributed by atoms with E-state index in [1.807, 2.05) is 0 Å².